The third-order valence-corrected chi connectivity index (χ3v) is 5.71. The molecule has 1 amide bonds. The fourth-order valence-electron chi connectivity index (χ4n) is 4.15. The van der Waals surface area contributed by atoms with Gasteiger partial charge in [-0.2, -0.15) is 5.26 Å². The molecule has 2 aromatic rings. The van der Waals surface area contributed by atoms with Gasteiger partial charge in [0.2, 0.25) is 5.91 Å². The van der Waals surface area contributed by atoms with Crippen LogP contribution in [0.3, 0.4) is 0 Å². The van der Waals surface area contributed by atoms with E-state index < -0.39 is 0 Å². The van der Waals surface area contributed by atoms with E-state index in [0.29, 0.717) is 11.8 Å². The van der Waals surface area contributed by atoms with Gasteiger partial charge in [-0.25, -0.2) is 0 Å². The van der Waals surface area contributed by atoms with Crippen molar-refractivity contribution in [2.45, 2.75) is 44.9 Å². The van der Waals surface area contributed by atoms with Crippen LogP contribution >= 0.6 is 0 Å². The first kappa shape index (κ1) is 21.1. The third-order valence-electron chi connectivity index (χ3n) is 5.71. The summed E-state index contributed by atoms with van der Waals surface area (Å²) in [4.78, 5) is 12.6. The molecule has 0 saturated carbocycles. The summed E-state index contributed by atoms with van der Waals surface area (Å²) in [5, 5.41) is 14.9. The summed E-state index contributed by atoms with van der Waals surface area (Å²) in [7, 11) is 0. The maximum atomic E-state index is 12.6. The average Bonchev–Trinajstić information content (AvgIpc) is 2.76. The molecule has 152 valence electrons. The molecule has 29 heavy (non-hydrogen) atoms. The van der Waals surface area contributed by atoms with Crippen molar-refractivity contribution in [1.82, 2.24) is 10.6 Å². The van der Waals surface area contributed by atoms with E-state index >= 15 is 0 Å². The van der Waals surface area contributed by atoms with Gasteiger partial charge in [0.1, 0.15) is 6.54 Å². The molecule has 1 aliphatic heterocycles. The molecule has 1 atom stereocenters. The predicted molar refractivity (Wildman–Crippen MR) is 118 cm³/mol. The van der Waals surface area contributed by atoms with E-state index in [1.54, 1.807) is 0 Å². The van der Waals surface area contributed by atoms with Gasteiger partial charge in [-0.05, 0) is 66.4 Å². The van der Waals surface area contributed by atoms with Crippen molar-refractivity contribution >= 4 is 5.91 Å². The molecule has 1 saturated heterocycles. The van der Waals surface area contributed by atoms with Gasteiger partial charge in [0.25, 0.3) is 0 Å². The summed E-state index contributed by atoms with van der Waals surface area (Å²) in [6.07, 6.45) is 3.16. The Morgan fingerprint density at radius 1 is 1.14 bits per heavy atom. The van der Waals surface area contributed by atoms with E-state index in [1.165, 1.54) is 24.0 Å². The van der Waals surface area contributed by atoms with Crippen molar-refractivity contribution in [3.8, 4) is 17.2 Å². The quantitative estimate of drug-likeness (QED) is 0.681. The first-order valence-corrected chi connectivity index (χ1v) is 10.6. The highest BCUT2D eigenvalue weighted by Gasteiger charge is 2.22. The molecule has 1 fully saturated rings. The highest BCUT2D eigenvalue weighted by molar-refractivity contribution is 5.84. The van der Waals surface area contributed by atoms with Crippen molar-refractivity contribution < 1.29 is 4.79 Å². The summed E-state index contributed by atoms with van der Waals surface area (Å²) < 4.78 is 0. The van der Waals surface area contributed by atoms with Crippen molar-refractivity contribution in [3.63, 3.8) is 0 Å². The van der Waals surface area contributed by atoms with Crippen LogP contribution in [0.4, 0.5) is 0 Å². The van der Waals surface area contributed by atoms with Crippen LogP contribution in [0, 0.1) is 17.2 Å². The lowest BCUT2D eigenvalue weighted by molar-refractivity contribution is -0.122. The number of carbonyl (C=O) groups is 1. The number of nitriles is 1. The molecule has 3 rings (SSSR count). The van der Waals surface area contributed by atoms with E-state index in [9.17, 15) is 4.79 Å². The summed E-state index contributed by atoms with van der Waals surface area (Å²) in [6, 6.07) is 19.2. The standard InChI is InChI=1S/C25H31N3O/c1-18(2)16-24(25(29)28-15-12-26)23-5-3-4-22(17-23)20-8-6-19(7-9-20)21-10-13-27-14-11-21/h3-9,17-18,21,24,27H,10-11,13-16H2,1-2H3,(H,28,29)/t24-/m1/s1. The van der Waals surface area contributed by atoms with Gasteiger partial charge in [0.05, 0.1) is 12.0 Å². The van der Waals surface area contributed by atoms with E-state index in [4.69, 9.17) is 5.26 Å². The lowest BCUT2D eigenvalue weighted by Gasteiger charge is -2.23. The van der Waals surface area contributed by atoms with Crippen LogP contribution in [0.15, 0.2) is 48.5 Å². The third kappa shape index (κ3) is 5.68. The molecule has 0 aliphatic carbocycles. The fourth-order valence-corrected chi connectivity index (χ4v) is 4.15. The van der Waals surface area contributed by atoms with E-state index in [2.05, 4.69) is 60.9 Å². The van der Waals surface area contributed by atoms with Gasteiger partial charge in [0, 0.05) is 0 Å². The summed E-state index contributed by atoms with van der Waals surface area (Å²) in [5.41, 5.74) is 4.72. The topological polar surface area (TPSA) is 64.9 Å². The maximum absolute atomic E-state index is 12.6. The number of rotatable bonds is 7. The molecule has 0 radical (unpaired) electrons. The van der Waals surface area contributed by atoms with Gasteiger partial charge >= 0.3 is 0 Å². The molecule has 1 heterocycles. The number of benzene rings is 2. The molecule has 0 aromatic heterocycles. The number of piperidine rings is 1. The molecule has 0 unspecified atom stereocenters. The highest BCUT2D eigenvalue weighted by Crippen LogP contribution is 2.31. The number of hydrogen-bond acceptors (Lipinski definition) is 3. The molecular weight excluding hydrogens is 358 g/mol. The largest absolute Gasteiger partial charge is 0.342 e. The number of hydrogen-bond donors (Lipinski definition) is 2. The van der Waals surface area contributed by atoms with E-state index in [1.807, 2.05) is 18.2 Å². The van der Waals surface area contributed by atoms with Crippen molar-refractivity contribution in [2.24, 2.45) is 5.92 Å². The van der Waals surface area contributed by atoms with Crippen LogP contribution in [0.1, 0.15) is 56.1 Å². The van der Waals surface area contributed by atoms with Crippen molar-refractivity contribution in [1.29, 1.82) is 5.26 Å². The van der Waals surface area contributed by atoms with Crippen LogP contribution in [-0.2, 0) is 4.79 Å². The zero-order valence-electron chi connectivity index (χ0n) is 17.4. The number of nitrogens with zero attached hydrogens (tertiary/aromatic N) is 1. The zero-order valence-corrected chi connectivity index (χ0v) is 17.4. The van der Waals surface area contributed by atoms with Gasteiger partial charge < -0.3 is 10.6 Å². The van der Waals surface area contributed by atoms with Crippen LogP contribution in [-0.4, -0.2) is 25.5 Å². The monoisotopic (exact) mass is 389 g/mol. The van der Waals surface area contributed by atoms with E-state index in [0.717, 1.165) is 30.6 Å². The van der Waals surface area contributed by atoms with Gasteiger partial charge in [0.15, 0.2) is 0 Å². The lowest BCUT2D eigenvalue weighted by atomic mass is 9.87. The Kier molecular flexibility index (Phi) is 7.43. The average molecular weight is 390 g/mol. The van der Waals surface area contributed by atoms with Crippen LogP contribution in [0.25, 0.3) is 11.1 Å². The Balaban J connectivity index is 1.81. The second-order valence-corrected chi connectivity index (χ2v) is 8.33. The Hall–Kier alpha value is -2.64. The molecule has 2 aromatic carbocycles. The minimum atomic E-state index is -0.239. The molecular formula is C25H31N3O. The second-order valence-electron chi connectivity index (χ2n) is 8.33. The number of nitrogens with one attached hydrogen (secondary N) is 2. The molecule has 1 aliphatic rings. The Bertz CT molecular complexity index is 845. The normalized spacial score (nSPS) is 15.7. The molecule has 4 nitrogen and oxygen atoms in total. The molecule has 4 heteroatoms. The lowest BCUT2D eigenvalue weighted by Crippen LogP contribution is -2.30. The smallest absolute Gasteiger partial charge is 0.228 e. The summed E-state index contributed by atoms with van der Waals surface area (Å²) in [6.45, 7) is 6.48. The van der Waals surface area contributed by atoms with Gasteiger partial charge in [-0.15, -0.1) is 0 Å². The highest BCUT2D eigenvalue weighted by atomic mass is 16.1. The summed E-state index contributed by atoms with van der Waals surface area (Å²) >= 11 is 0. The van der Waals surface area contributed by atoms with E-state index in [-0.39, 0.29) is 18.4 Å². The van der Waals surface area contributed by atoms with Crippen LogP contribution < -0.4 is 10.6 Å². The van der Waals surface area contributed by atoms with Crippen LogP contribution in [0.5, 0.6) is 0 Å². The van der Waals surface area contributed by atoms with Gasteiger partial charge in [-0.1, -0.05) is 62.4 Å². The number of carbonyl (C=O) groups excluding carboxylic acids is 1. The zero-order chi connectivity index (χ0) is 20.6. The predicted octanol–water partition coefficient (Wildman–Crippen LogP) is 4.59. The van der Waals surface area contributed by atoms with Crippen molar-refractivity contribution in [3.05, 3.63) is 59.7 Å². The maximum Gasteiger partial charge on any atom is 0.228 e. The Morgan fingerprint density at radius 2 is 1.86 bits per heavy atom. The number of amides is 1. The molecule has 0 spiro atoms. The first-order valence-electron chi connectivity index (χ1n) is 10.6. The molecule has 2 N–H and O–H groups in total. The fraction of sp³-hybridized carbons (Fsp3) is 0.440. The minimum absolute atomic E-state index is 0.0469. The van der Waals surface area contributed by atoms with Gasteiger partial charge in [-0.3, -0.25) is 4.79 Å². The van der Waals surface area contributed by atoms with Crippen molar-refractivity contribution in [2.75, 3.05) is 19.6 Å². The Morgan fingerprint density at radius 3 is 2.52 bits per heavy atom. The SMILES string of the molecule is CC(C)C[C@@H](C(=O)NCC#N)c1cccc(-c2ccc(C3CCNCC3)cc2)c1. The summed E-state index contributed by atoms with van der Waals surface area (Å²) in [5.74, 6) is 0.729. The van der Waals surface area contributed by atoms with Crippen LogP contribution in [0.2, 0.25) is 0 Å². The second kappa shape index (κ2) is 10.2. The minimum Gasteiger partial charge on any atom is -0.342 e. The Labute approximate surface area is 174 Å². The first-order chi connectivity index (χ1) is 14.1. The molecule has 0 bridgehead atoms.